The largest absolute Gasteiger partial charge is 0.382 e. The van der Waals surface area contributed by atoms with Crippen molar-refractivity contribution >= 4 is 51.5 Å². The second-order valence-corrected chi connectivity index (χ2v) is 6.34. The number of nitrogens with zero attached hydrogens (tertiary/aromatic N) is 3. The molecular weight excluding hydrogens is 513 g/mol. The Kier molecular flexibility index (Phi) is 11.8. The van der Waals surface area contributed by atoms with Crippen molar-refractivity contribution in [2.45, 2.75) is 19.9 Å². The molecule has 146 valence electrons. The Morgan fingerprint density at radius 1 is 1.23 bits per heavy atom. The van der Waals surface area contributed by atoms with Crippen LogP contribution in [0.25, 0.3) is 5.65 Å². The lowest BCUT2D eigenvalue weighted by Crippen LogP contribution is -2.38. The minimum absolute atomic E-state index is 0. The van der Waals surface area contributed by atoms with Crippen LogP contribution in [0.4, 0.5) is 0 Å². The minimum atomic E-state index is 0. The van der Waals surface area contributed by atoms with Crippen molar-refractivity contribution in [3.8, 4) is 0 Å². The van der Waals surface area contributed by atoms with Crippen molar-refractivity contribution in [1.82, 2.24) is 20.0 Å². The normalized spacial score (nSPS) is 11.4. The van der Waals surface area contributed by atoms with Crippen LogP contribution in [-0.4, -0.2) is 55.4 Å². The quantitative estimate of drug-likeness (QED) is 0.210. The maximum absolute atomic E-state index is 5.45. The summed E-state index contributed by atoms with van der Waals surface area (Å²) in [6, 6.07) is 3.96. The Hall–Kier alpha value is -0.910. The number of ether oxygens (including phenoxy) is 2. The third-order valence-electron chi connectivity index (χ3n) is 3.40. The molecule has 0 bridgehead atoms. The molecule has 0 aromatic carbocycles. The summed E-state index contributed by atoms with van der Waals surface area (Å²) in [4.78, 5) is 9.17. The lowest BCUT2D eigenvalue weighted by atomic mass is 10.4. The number of guanidine groups is 1. The first-order valence-electron chi connectivity index (χ1n) is 8.45. The van der Waals surface area contributed by atoms with Crippen molar-refractivity contribution in [3.05, 3.63) is 34.7 Å². The van der Waals surface area contributed by atoms with Crippen molar-refractivity contribution in [2.24, 2.45) is 4.99 Å². The van der Waals surface area contributed by atoms with Crippen molar-refractivity contribution in [2.75, 3.05) is 40.0 Å². The molecule has 7 nitrogen and oxygen atoms in total. The van der Waals surface area contributed by atoms with Gasteiger partial charge in [-0.25, -0.2) is 9.98 Å². The molecule has 0 aliphatic heterocycles. The highest BCUT2D eigenvalue weighted by Crippen LogP contribution is 2.12. The zero-order valence-electron chi connectivity index (χ0n) is 15.2. The highest BCUT2D eigenvalue weighted by atomic mass is 127. The average Bonchev–Trinajstić information content (AvgIpc) is 3.00. The van der Waals surface area contributed by atoms with Gasteiger partial charge in [0.1, 0.15) is 5.65 Å². The molecule has 2 N–H and O–H groups in total. The molecule has 2 aromatic rings. The lowest BCUT2D eigenvalue weighted by Gasteiger charge is -2.11. The van der Waals surface area contributed by atoms with Crippen LogP contribution in [0.1, 0.15) is 19.0 Å². The van der Waals surface area contributed by atoms with Crippen LogP contribution in [0.5, 0.6) is 0 Å². The SMILES string of the molecule is CCNC(=NCc1cn2cc(Br)ccc2n1)NCCCOCCOC.I. The predicted octanol–water partition coefficient (Wildman–Crippen LogP) is 2.82. The molecule has 0 saturated heterocycles. The van der Waals surface area contributed by atoms with E-state index in [0.717, 1.165) is 41.3 Å². The predicted molar refractivity (Wildman–Crippen MR) is 118 cm³/mol. The maximum atomic E-state index is 5.45. The molecule has 2 aromatic heterocycles. The third kappa shape index (κ3) is 8.19. The summed E-state index contributed by atoms with van der Waals surface area (Å²) in [5, 5.41) is 6.55. The number of hydrogen-bond donors (Lipinski definition) is 2. The first kappa shape index (κ1) is 23.1. The molecule has 9 heteroatoms. The Balaban J connectivity index is 0.00000338. The van der Waals surface area contributed by atoms with Crippen LogP contribution in [-0.2, 0) is 16.0 Å². The van der Waals surface area contributed by atoms with E-state index in [4.69, 9.17) is 9.47 Å². The fraction of sp³-hybridized carbons (Fsp3) is 0.529. The summed E-state index contributed by atoms with van der Waals surface area (Å²) in [6.07, 6.45) is 4.90. The van der Waals surface area contributed by atoms with Gasteiger partial charge in [-0.2, -0.15) is 0 Å². The van der Waals surface area contributed by atoms with Gasteiger partial charge in [0.15, 0.2) is 5.96 Å². The van der Waals surface area contributed by atoms with Gasteiger partial charge in [0.25, 0.3) is 0 Å². The van der Waals surface area contributed by atoms with Gasteiger partial charge in [-0.1, -0.05) is 0 Å². The van der Waals surface area contributed by atoms with Crippen LogP contribution >= 0.6 is 39.9 Å². The maximum Gasteiger partial charge on any atom is 0.191 e. The monoisotopic (exact) mass is 539 g/mol. The molecule has 0 spiro atoms. The molecule has 0 saturated carbocycles. The van der Waals surface area contributed by atoms with E-state index in [1.54, 1.807) is 7.11 Å². The van der Waals surface area contributed by atoms with Gasteiger partial charge in [0.05, 0.1) is 25.5 Å². The van der Waals surface area contributed by atoms with Gasteiger partial charge in [-0.05, 0) is 41.4 Å². The molecule has 0 unspecified atom stereocenters. The van der Waals surface area contributed by atoms with Crippen LogP contribution in [0.2, 0.25) is 0 Å². The number of imidazole rings is 1. The number of nitrogens with one attached hydrogen (secondary N) is 2. The van der Waals surface area contributed by atoms with Crippen LogP contribution in [0.3, 0.4) is 0 Å². The van der Waals surface area contributed by atoms with E-state index < -0.39 is 0 Å². The van der Waals surface area contributed by atoms with Crippen LogP contribution in [0.15, 0.2) is 34.0 Å². The van der Waals surface area contributed by atoms with Gasteiger partial charge in [0.2, 0.25) is 0 Å². The third-order valence-corrected chi connectivity index (χ3v) is 3.87. The van der Waals surface area contributed by atoms with E-state index in [2.05, 4.69) is 36.5 Å². The molecule has 0 radical (unpaired) electrons. The molecule has 0 amide bonds. The zero-order chi connectivity index (χ0) is 17.9. The first-order valence-corrected chi connectivity index (χ1v) is 9.24. The molecule has 26 heavy (non-hydrogen) atoms. The highest BCUT2D eigenvalue weighted by Gasteiger charge is 2.03. The smallest absolute Gasteiger partial charge is 0.191 e. The van der Waals surface area contributed by atoms with Crippen molar-refractivity contribution in [1.29, 1.82) is 0 Å². The summed E-state index contributed by atoms with van der Waals surface area (Å²) in [5.74, 6) is 0.789. The van der Waals surface area contributed by atoms with Crippen LogP contribution in [0, 0.1) is 0 Å². The molecule has 2 heterocycles. The van der Waals surface area contributed by atoms with E-state index in [1.807, 2.05) is 35.9 Å². The number of hydrogen-bond acceptors (Lipinski definition) is 4. The summed E-state index contributed by atoms with van der Waals surface area (Å²) < 4.78 is 13.4. The Bertz CT molecular complexity index is 680. The van der Waals surface area contributed by atoms with E-state index in [0.29, 0.717) is 26.4 Å². The summed E-state index contributed by atoms with van der Waals surface area (Å²) in [7, 11) is 1.67. The molecular formula is C17H27BrIN5O2. The number of methoxy groups -OCH3 is 1. The van der Waals surface area contributed by atoms with Gasteiger partial charge < -0.3 is 24.5 Å². The van der Waals surface area contributed by atoms with Crippen LogP contribution < -0.4 is 10.6 Å². The Labute approximate surface area is 180 Å². The Morgan fingerprint density at radius 2 is 2.08 bits per heavy atom. The van der Waals surface area contributed by atoms with E-state index in [9.17, 15) is 0 Å². The number of halogens is 2. The summed E-state index contributed by atoms with van der Waals surface area (Å²) in [5.41, 5.74) is 1.85. The van der Waals surface area contributed by atoms with E-state index in [-0.39, 0.29) is 24.0 Å². The molecule has 0 atom stereocenters. The summed E-state index contributed by atoms with van der Waals surface area (Å²) >= 11 is 3.47. The van der Waals surface area contributed by atoms with E-state index in [1.165, 1.54) is 0 Å². The zero-order valence-corrected chi connectivity index (χ0v) is 19.1. The first-order chi connectivity index (χ1) is 12.2. The summed E-state index contributed by atoms with van der Waals surface area (Å²) in [6.45, 7) is 6.16. The number of rotatable bonds is 10. The van der Waals surface area contributed by atoms with Crippen molar-refractivity contribution < 1.29 is 9.47 Å². The second kappa shape index (κ2) is 13.3. The standard InChI is InChI=1S/C17H26BrN5O2.HI/c1-3-19-17(20-7-4-8-25-10-9-24-2)21-11-15-13-23-12-14(18)5-6-16(23)22-15;/h5-6,12-13H,3-4,7-11H2,1-2H3,(H2,19,20,21);1H. The number of pyridine rings is 1. The minimum Gasteiger partial charge on any atom is -0.382 e. The highest BCUT2D eigenvalue weighted by molar-refractivity contribution is 14.0. The molecule has 0 aliphatic rings. The van der Waals surface area contributed by atoms with Gasteiger partial charge in [-0.15, -0.1) is 24.0 Å². The van der Waals surface area contributed by atoms with Gasteiger partial charge in [0, 0.05) is 43.7 Å². The Morgan fingerprint density at radius 3 is 2.85 bits per heavy atom. The number of fused-ring (bicyclic) bond motifs is 1. The molecule has 2 rings (SSSR count). The number of aliphatic imine (C=N–C) groups is 1. The van der Waals surface area contributed by atoms with E-state index >= 15 is 0 Å². The van der Waals surface area contributed by atoms with Gasteiger partial charge in [-0.3, -0.25) is 0 Å². The molecule has 0 aliphatic carbocycles. The number of aromatic nitrogens is 2. The fourth-order valence-electron chi connectivity index (χ4n) is 2.22. The average molecular weight is 540 g/mol. The molecule has 0 fully saturated rings. The van der Waals surface area contributed by atoms with Gasteiger partial charge >= 0.3 is 0 Å². The fourth-order valence-corrected chi connectivity index (χ4v) is 2.57. The second-order valence-electron chi connectivity index (χ2n) is 5.43. The topological polar surface area (TPSA) is 72.2 Å². The van der Waals surface area contributed by atoms with Crippen molar-refractivity contribution in [3.63, 3.8) is 0 Å². The lowest BCUT2D eigenvalue weighted by molar-refractivity contribution is 0.0698.